The molecule has 1 aromatic heterocycles. The van der Waals surface area contributed by atoms with Gasteiger partial charge in [-0.2, -0.15) is 0 Å². The van der Waals surface area contributed by atoms with Crippen molar-refractivity contribution in [2.24, 2.45) is 0 Å². The molecule has 0 aliphatic carbocycles. The average Bonchev–Trinajstić information content (AvgIpc) is 3.22. The molecule has 0 saturated carbocycles. The number of amides is 1. The summed E-state index contributed by atoms with van der Waals surface area (Å²) in [6.07, 6.45) is 0. The number of hydrogen-bond donors (Lipinski definition) is 1. The maximum Gasteiger partial charge on any atom is 0.273 e. The minimum atomic E-state index is -0.417. The Morgan fingerprint density at radius 2 is 2.03 bits per heavy atom. The second kappa shape index (κ2) is 9.02. The first-order valence-electron chi connectivity index (χ1n) is 9.69. The van der Waals surface area contributed by atoms with Gasteiger partial charge in [0.25, 0.3) is 11.6 Å². The van der Waals surface area contributed by atoms with Gasteiger partial charge < -0.3 is 10.1 Å². The highest BCUT2D eigenvalue weighted by molar-refractivity contribution is 7.10. The van der Waals surface area contributed by atoms with Crippen LogP contribution in [0, 0.1) is 10.1 Å². The number of nitro groups is 1. The molecule has 156 valence electrons. The maximum absolute atomic E-state index is 12.8. The van der Waals surface area contributed by atoms with E-state index in [0.717, 1.165) is 13.1 Å². The summed E-state index contributed by atoms with van der Waals surface area (Å²) in [5, 5.41) is 16.5. The van der Waals surface area contributed by atoms with Gasteiger partial charge in [-0.05, 0) is 22.9 Å². The standard InChI is InChI=1S/C21H27N3O4S/c1-21(2,3)16-7-6-15(13-17(16)24(26)27)20(25)22-14-18(19-5-4-12-29-19)23-8-10-28-11-9-23/h4-7,12-13,18H,8-11,14H2,1-3H3,(H,22,25)/t18-/m1/s1. The summed E-state index contributed by atoms with van der Waals surface area (Å²) in [5.41, 5.74) is 0.520. The third-order valence-corrected chi connectivity index (χ3v) is 6.05. The van der Waals surface area contributed by atoms with E-state index in [1.54, 1.807) is 23.5 Å². The normalized spacial score (nSPS) is 16.4. The van der Waals surface area contributed by atoms with Gasteiger partial charge in [0, 0.05) is 41.7 Å². The molecule has 0 unspecified atom stereocenters. The number of benzene rings is 1. The lowest BCUT2D eigenvalue weighted by Crippen LogP contribution is -2.43. The van der Waals surface area contributed by atoms with Crippen molar-refractivity contribution in [2.75, 3.05) is 32.8 Å². The second-order valence-electron chi connectivity index (χ2n) is 8.13. The Labute approximate surface area is 174 Å². The molecule has 1 atom stereocenters. The molecule has 2 aromatic rings. The summed E-state index contributed by atoms with van der Waals surface area (Å²) >= 11 is 1.66. The van der Waals surface area contributed by atoms with E-state index in [4.69, 9.17) is 4.74 Å². The first kappa shape index (κ1) is 21.4. The number of carbonyl (C=O) groups is 1. The number of thiophene rings is 1. The zero-order chi connectivity index (χ0) is 21.0. The number of nitrogens with zero attached hydrogens (tertiary/aromatic N) is 2. The number of ether oxygens (including phenoxy) is 1. The minimum Gasteiger partial charge on any atom is -0.379 e. The first-order valence-corrected chi connectivity index (χ1v) is 10.6. The van der Waals surface area contributed by atoms with Crippen LogP contribution in [0.25, 0.3) is 0 Å². The fourth-order valence-electron chi connectivity index (χ4n) is 3.53. The minimum absolute atomic E-state index is 0.0202. The van der Waals surface area contributed by atoms with Gasteiger partial charge in [0.1, 0.15) is 0 Å². The molecule has 1 N–H and O–H groups in total. The molecule has 1 fully saturated rings. The van der Waals surface area contributed by atoms with Crippen molar-refractivity contribution in [1.82, 2.24) is 10.2 Å². The molecular formula is C21H27N3O4S. The molecule has 8 heteroatoms. The van der Waals surface area contributed by atoms with Gasteiger partial charge in [-0.25, -0.2) is 0 Å². The number of hydrogen-bond acceptors (Lipinski definition) is 6. The Kier molecular flexibility index (Phi) is 6.66. The van der Waals surface area contributed by atoms with Crippen molar-refractivity contribution in [3.05, 3.63) is 61.8 Å². The lowest BCUT2D eigenvalue weighted by Gasteiger charge is -2.34. The van der Waals surface area contributed by atoms with E-state index in [-0.39, 0.29) is 23.1 Å². The van der Waals surface area contributed by atoms with Crippen LogP contribution in [-0.4, -0.2) is 48.6 Å². The van der Waals surface area contributed by atoms with Gasteiger partial charge in [-0.3, -0.25) is 19.8 Å². The van der Waals surface area contributed by atoms with Crippen molar-refractivity contribution >= 4 is 22.9 Å². The van der Waals surface area contributed by atoms with Crippen LogP contribution in [0.15, 0.2) is 35.7 Å². The zero-order valence-corrected chi connectivity index (χ0v) is 17.8. The van der Waals surface area contributed by atoms with Crippen molar-refractivity contribution in [1.29, 1.82) is 0 Å². The van der Waals surface area contributed by atoms with Gasteiger partial charge in [-0.15, -0.1) is 11.3 Å². The fourth-order valence-corrected chi connectivity index (χ4v) is 4.39. The summed E-state index contributed by atoms with van der Waals surface area (Å²) in [4.78, 5) is 27.4. The van der Waals surface area contributed by atoms with Gasteiger partial charge in [0.2, 0.25) is 0 Å². The van der Waals surface area contributed by atoms with Crippen molar-refractivity contribution in [2.45, 2.75) is 32.2 Å². The molecule has 29 heavy (non-hydrogen) atoms. The van der Waals surface area contributed by atoms with Crippen LogP contribution >= 0.6 is 11.3 Å². The Hall–Kier alpha value is -2.29. The van der Waals surface area contributed by atoms with Crippen molar-refractivity contribution in [3.8, 4) is 0 Å². The molecule has 0 bridgehead atoms. The molecule has 1 amide bonds. The summed E-state index contributed by atoms with van der Waals surface area (Å²) < 4.78 is 5.45. The number of rotatable bonds is 6. The van der Waals surface area contributed by atoms with E-state index in [2.05, 4.69) is 16.3 Å². The molecule has 0 radical (unpaired) electrons. The topological polar surface area (TPSA) is 84.7 Å². The monoisotopic (exact) mass is 417 g/mol. The van der Waals surface area contributed by atoms with Crippen molar-refractivity contribution in [3.63, 3.8) is 0 Å². The van der Waals surface area contributed by atoms with Gasteiger partial charge in [0.05, 0.1) is 24.2 Å². The van der Waals surface area contributed by atoms with Crippen LogP contribution in [0.1, 0.15) is 47.6 Å². The van der Waals surface area contributed by atoms with Gasteiger partial charge in [-0.1, -0.05) is 32.9 Å². The van der Waals surface area contributed by atoms with Crippen LogP contribution in [0.5, 0.6) is 0 Å². The Balaban J connectivity index is 1.76. The summed E-state index contributed by atoms with van der Waals surface area (Å²) in [7, 11) is 0. The van der Waals surface area contributed by atoms with Crippen LogP contribution in [-0.2, 0) is 10.2 Å². The predicted molar refractivity (Wildman–Crippen MR) is 114 cm³/mol. The molecule has 1 aliphatic rings. The fraction of sp³-hybridized carbons (Fsp3) is 0.476. The van der Waals surface area contributed by atoms with E-state index >= 15 is 0 Å². The third-order valence-electron chi connectivity index (χ3n) is 5.08. The third kappa shape index (κ3) is 5.20. The molecule has 3 rings (SSSR count). The number of nitro benzene ring substituents is 1. The SMILES string of the molecule is CC(C)(C)c1ccc(C(=O)NC[C@H](c2cccs2)N2CCOCC2)cc1[N+](=O)[O-]. The Morgan fingerprint density at radius 1 is 1.31 bits per heavy atom. The molecule has 0 spiro atoms. The molecule has 1 aliphatic heterocycles. The lowest BCUT2D eigenvalue weighted by molar-refractivity contribution is -0.386. The van der Waals surface area contributed by atoms with Gasteiger partial charge in [0.15, 0.2) is 0 Å². The lowest BCUT2D eigenvalue weighted by atomic mass is 9.85. The van der Waals surface area contributed by atoms with Gasteiger partial charge >= 0.3 is 0 Å². The molecule has 2 heterocycles. The van der Waals surface area contributed by atoms with E-state index in [9.17, 15) is 14.9 Å². The largest absolute Gasteiger partial charge is 0.379 e. The number of morpholine rings is 1. The van der Waals surface area contributed by atoms with Crippen LogP contribution < -0.4 is 5.32 Å². The molecule has 1 saturated heterocycles. The van der Waals surface area contributed by atoms with Crippen LogP contribution in [0.3, 0.4) is 0 Å². The molecular weight excluding hydrogens is 390 g/mol. The van der Waals surface area contributed by atoms with E-state index in [1.165, 1.54) is 10.9 Å². The van der Waals surface area contributed by atoms with Crippen LogP contribution in [0.4, 0.5) is 5.69 Å². The number of carbonyl (C=O) groups excluding carboxylic acids is 1. The van der Waals surface area contributed by atoms with E-state index < -0.39 is 4.92 Å². The second-order valence-corrected chi connectivity index (χ2v) is 9.11. The maximum atomic E-state index is 12.8. The first-order chi connectivity index (χ1) is 13.8. The van der Waals surface area contributed by atoms with E-state index in [1.807, 2.05) is 32.2 Å². The average molecular weight is 418 g/mol. The Morgan fingerprint density at radius 3 is 2.62 bits per heavy atom. The van der Waals surface area contributed by atoms with Crippen LogP contribution in [0.2, 0.25) is 0 Å². The Bertz CT molecular complexity index is 855. The highest BCUT2D eigenvalue weighted by atomic mass is 32.1. The molecule has 7 nitrogen and oxygen atoms in total. The summed E-state index contributed by atoms with van der Waals surface area (Å²) in [6, 6.07) is 8.87. The zero-order valence-electron chi connectivity index (χ0n) is 17.0. The summed E-state index contributed by atoms with van der Waals surface area (Å²) in [5.74, 6) is -0.302. The number of nitrogens with one attached hydrogen (secondary N) is 1. The molecule has 1 aromatic carbocycles. The predicted octanol–water partition coefficient (Wildman–Crippen LogP) is 3.76. The van der Waals surface area contributed by atoms with Crippen molar-refractivity contribution < 1.29 is 14.5 Å². The van der Waals surface area contributed by atoms with E-state index in [0.29, 0.717) is 30.9 Å². The summed E-state index contributed by atoms with van der Waals surface area (Å²) in [6.45, 7) is 9.17. The highest BCUT2D eigenvalue weighted by Gasteiger charge is 2.27. The quantitative estimate of drug-likeness (QED) is 0.571. The highest BCUT2D eigenvalue weighted by Crippen LogP contribution is 2.32. The smallest absolute Gasteiger partial charge is 0.273 e.